The lowest BCUT2D eigenvalue weighted by Gasteiger charge is -2.16. The summed E-state index contributed by atoms with van der Waals surface area (Å²) in [4.78, 5) is 18.6. The van der Waals surface area contributed by atoms with E-state index in [0.29, 0.717) is 18.9 Å². The fourth-order valence-corrected chi connectivity index (χ4v) is 2.99. The number of ether oxygens (including phenoxy) is 1. The molecule has 1 fully saturated rings. The molecule has 2 aromatic rings. The van der Waals surface area contributed by atoms with Crippen LogP contribution in [0.1, 0.15) is 12.8 Å². The smallest absolute Gasteiger partial charge is 0.224 e. The van der Waals surface area contributed by atoms with Gasteiger partial charge in [-0.2, -0.15) is 0 Å². The van der Waals surface area contributed by atoms with E-state index in [1.165, 1.54) is 0 Å². The lowest BCUT2D eigenvalue weighted by Crippen LogP contribution is -2.29. The van der Waals surface area contributed by atoms with E-state index in [9.17, 15) is 4.79 Å². The summed E-state index contributed by atoms with van der Waals surface area (Å²) >= 11 is 0. The number of carbonyl (C=O) groups is 1. The van der Waals surface area contributed by atoms with Crippen LogP contribution in [0.15, 0.2) is 30.6 Å². The van der Waals surface area contributed by atoms with Gasteiger partial charge >= 0.3 is 0 Å². The van der Waals surface area contributed by atoms with Gasteiger partial charge in [-0.15, -0.1) is 0 Å². The van der Waals surface area contributed by atoms with Gasteiger partial charge in [0.2, 0.25) is 5.91 Å². The summed E-state index contributed by atoms with van der Waals surface area (Å²) in [6.07, 6.45) is 3.39. The summed E-state index contributed by atoms with van der Waals surface area (Å²) in [5.41, 5.74) is 2.07. The summed E-state index contributed by atoms with van der Waals surface area (Å²) < 4.78 is 7.22. The quantitative estimate of drug-likeness (QED) is 0.844. The summed E-state index contributed by atoms with van der Waals surface area (Å²) in [5, 5.41) is 0. The number of hydrogen-bond donors (Lipinski definition) is 0. The molecule has 3 rings (SSSR count). The van der Waals surface area contributed by atoms with Crippen molar-refractivity contribution in [3.8, 4) is 0 Å². The fourth-order valence-electron chi connectivity index (χ4n) is 2.99. The topological polar surface area (TPSA) is 47.4 Å². The molecule has 1 aliphatic rings. The molecular formula is C16H21N3O2. The maximum absolute atomic E-state index is 12.3. The Morgan fingerprint density at radius 1 is 1.43 bits per heavy atom. The number of nitrogens with zero attached hydrogens (tertiary/aromatic N) is 3. The van der Waals surface area contributed by atoms with Gasteiger partial charge in [-0.3, -0.25) is 4.79 Å². The molecule has 21 heavy (non-hydrogen) atoms. The molecule has 1 amide bonds. The molecule has 1 saturated heterocycles. The van der Waals surface area contributed by atoms with Gasteiger partial charge in [0.05, 0.1) is 24.0 Å². The van der Waals surface area contributed by atoms with Crippen LogP contribution in [-0.4, -0.2) is 47.2 Å². The molecular weight excluding hydrogens is 266 g/mol. The van der Waals surface area contributed by atoms with E-state index in [1.807, 2.05) is 35.5 Å². The van der Waals surface area contributed by atoms with Gasteiger partial charge in [0, 0.05) is 39.1 Å². The molecule has 1 atom stereocenters. The first-order valence-electron chi connectivity index (χ1n) is 7.44. The third-order valence-corrected chi connectivity index (χ3v) is 4.13. The van der Waals surface area contributed by atoms with E-state index in [-0.39, 0.29) is 5.91 Å². The highest BCUT2D eigenvalue weighted by molar-refractivity contribution is 5.77. The number of aryl methyl sites for hydroxylation is 1. The predicted octanol–water partition coefficient (Wildman–Crippen LogP) is 1.92. The minimum absolute atomic E-state index is 0.228. The number of rotatable bonds is 5. The van der Waals surface area contributed by atoms with Crippen LogP contribution in [0.5, 0.6) is 0 Å². The first-order chi connectivity index (χ1) is 10.3. The van der Waals surface area contributed by atoms with Crippen molar-refractivity contribution < 1.29 is 9.53 Å². The molecule has 112 valence electrons. The molecule has 5 nitrogen and oxygen atoms in total. The second-order valence-corrected chi connectivity index (χ2v) is 5.63. The van der Waals surface area contributed by atoms with E-state index in [4.69, 9.17) is 4.74 Å². The zero-order valence-electron chi connectivity index (χ0n) is 12.4. The number of benzene rings is 1. The van der Waals surface area contributed by atoms with Crippen LogP contribution in [-0.2, 0) is 16.1 Å². The van der Waals surface area contributed by atoms with Gasteiger partial charge < -0.3 is 14.2 Å². The van der Waals surface area contributed by atoms with Gasteiger partial charge in [-0.25, -0.2) is 4.98 Å². The number of hydrogen-bond acceptors (Lipinski definition) is 3. The number of fused-ring (bicyclic) bond motifs is 1. The molecule has 0 radical (unpaired) electrons. The average molecular weight is 287 g/mol. The van der Waals surface area contributed by atoms with Crippen molar-refractivity contribution in [1.29, 1.82) is 0 Å². The third kappa shape index (κ3) is 3.08. The first-order valence-corrected chi connectivity index (χ1v) is 7.44. The third-order valence-electron chi connectivity index (χ3n) is 4.13. The number of para-hydroxylation sites is 2. The van der Waals surface area contributed by atoms with E-state index in [1.54, 1.807) is 7.11 Å². The molecule has 0 aliphatic carbocycles. The highest BCUT2D eigenvalue weighted by Crippen LogP contribution is 2.18. The summed E-state index contributed by atoms with van der Waals surface area (Å²) in [5.74, 6) is 0.722. The molecule has 1 aromatic heterocycles. The van der Waals surface area contributed by atoms with Gasteiger partial charge in [0.15, 0.2) is 0 Å². The van der Waals surface area contributed by atoms with Gasteiger partial charge in [-0.1, -0.05) is 12.1 Å². The lowest BCUT2D eigenvalue weighted by molar-refractivity contribution is -0.130. The van der Waals surface area contributed by atoms with Crippen molar-refractivity contribution in [1.82, 2.24) is 14.5 Å². The van der Waals surface area contributed by atoms with E-state index in [2.05, 4.69) is 9.55 Å². The maximum Gasteiger partial charge on any atom is 0.224 e. The number of carbonyl (C=O) groups excluding carboxylic acids is 1. The Morgan fingerprint density at radius 3 is 3.14 bits per heavy atom. The molecule has 2 heterocycles. The lowest BCUT2D eigenvalue weighted by atomic mass is 10.1. The number of likely N-dealkylation sites (tertiary alicyclic amines) is 1. The van der Waals surface area contributed by atoms with Crippen molar-refractivity contribution in [2.45, 2.75) is 19.4 Å². The molecule has 0 bridgehead atoms. The summed E-state index contributed by atoms with van der Waals surface area (Å²) in [6.45, 7) is 3.12. The molecule has 5 heteroatoms. The van der Waals surface area contributed by atoms with Crippen molar-refractivity contribution in [2.24, 2.45) is 5.92 Å². The van der Waals surface area contributed by atoms with Crippen LogP contribution >= 0.6 is 0 Å². The molecule has 0 N–H and O–H groups in total. The Bertz CT molecular complexity index is 623. The van der Waals surface area contributed by atoms with Crippen LogP contribution in [0, 0.1) is 5.92 Å². The minimum Gasteiger partial charge on any atom is -0.384 e. The standard InChI is InChI=1S/C16H21N3O2/c1-21-11-13-6-8-18(10-13)16(20)7-9-19-12-17-14-4-2-3-5-15(14)19/h2-5,12-13H,6-11H2,1H3/t13-/m1/s1. The monoisotopic (exact) mass is 287 g/mol. The fraction of sp³-hybridized carbons (Fsp3) is 0.500. The number of methoxy groups -OCH3 is 1. The van der Waals surface area contributed by atoms with Crippen LogP contribution in [0.4, 0.5) is 0 Å². The summed E-state index contributed by atoms with van der Waals surface area (Å²) in [7, 11) is 1.72. The maximum atomic E-state index is 12.3. The molecule has 1 aliphatic heterocycles. The van der Waals surface area contributed by atoms with Crippen LogP contribution in [0.3, 0.4) is 0 Å². The minimum atomic E-state index is 0.228. The molecule has 0 spiro atoms. The van der Waals surface area contributed by atoms with Crippen molar-refractivity contribution in [3.05, 3.63) is 30.6 Å². The Balaban J connectivity index is 1.57. The van der Waals surface area contributed by atoms with Crippen molar-refractivity contribution in [3.63, 3.8) is 0 Å². The zero-order chi connectivity index (χ0) is 14.7. The highest BCUT2D eigenvalue weighted by atomic mass is 16.5. The molecule has 0 saturated carbocycles. The highest BCUT2D eigenvalue weighted by Gasteiger charge is 2.25. The molecule has 0 unspecified atom stereocenters. The van der Waals surface area contributed by atoms with Gasteiger partial charge in [0.25, 0.3) is 0 Å². The first kappa shape index (κ1) is 14.1. The second kappa shape index (κ2) is 6.26. The zero-order valence-corrected chi connectivity index (χ0v) is 12.4. The predicted molar refractivity (Wildman–Crippen MR) is 80.9 cm³/mol. The van der Waals surface area contributed by atoms with E-state index in [0.717, 1.165) is 37.2 Å². The number of aromatic nitrogens is 2. The van der Waals surface area contributed by atoms with Crippen LogP contribution in [0.25, 0.3) is 11.0 Å². The summed E-state index contributed by atoms with van der Waals surface area (Å²) in [6, 6.07) is 8.00. The number of imidazole rings is 1. The second-order valence-electron chi connectivity index (χ2n) is 5.63. The van der Waals surface area contributed by atoms with Gasteiger partial charge in [0.1, 0.15) is 0 Å². The Kier molecular flexibility index (Phi) is 4.20. The Morgan fingerprint density at radius 2 is 2.29 bits per heavy atom. The average Bonchev–Trinajstić information content (AvgIpc) is 3.12. The van der Waals surface area contributed by atoms with Crippen LogP contribution < -0.4 is 0 Å². The van der Waals surface area contributed by atoms with Crippen LogP contribution in [0.2, 0.25) is 0 Å². The van der Waals surface area contributed by atoms with E-state index < -0.39 is 0 Å². The Hall–Kier alpha value is -1.88. The van der Waals surface area contributed by atoms with Crippen molar-refractivity contribution in [2.75, 3.05) is 26.8 Å². The molecule has 1 aromatic carbocycles. The van der Waals surface area contributed by atoms with Gasteiger partial charge in [-0.05, 0) is 18.6 Å². The SMILES string of the molecule is COC[C@@H]1CCN(C(=O)CCn2cnc3ccccc32)C1. The normalized spacial score (nSPS) is 18.5. The van der Waals surface area contributed by atoms with Crippen molar-refractivity contribution >= 4 is 16.9 Å². The van der Waals surface area contributed by atoms with E-state index >= 15 is 0 Å². The largest absolute Gasteiger partial charge is 0.384 e. The Labute approximate surface area is 124 Å². The number of amides is 1.